The second-order valence-electron chi connectivity index (χ2n) is 2.94. The van der Waals surface area contributed by atoms with Crippen LogP contribution in [0.5, 0.6) is 0 Å². The van der Waals surface area contributed by atoms with E-state index in [0.29, 0.717) is 5.69 Å². The van der Waals surface area contributed by atoms with Crippen LogP contribution >= 0.6 is 0 Å². The Morgan fingerprint density at radius 3 is 2.24 bits per heavy atom. The molecule has 0 atom stereocenters. The van der Waals surface area contributed by atoms with E-state index in [4.69, 9.17) is 10.2 Å². The van der Waals surface area contributed by atoms with Gasteiger partial charge in [0.2, 0.25) is 0 Å². The van der Waals surface area contributed by atoms with Crippen LogP contribution in [-0.4, -0.2) is 22.4 Å². The summed E-state index contributed by atoms with van der Waals surface area (Å²) in [7, 11) is 0. The molecule has 1 aromatic carbocycles. The Bertz CT molecular complexity index is 459. The average Bonchev–Trinajstić information content (AvgIpc) is 2.21. The van der Waals surface area contributed by atoms with Crippen molar-refractivity contribution in [3.63, 3.8) is 0 Å². The Hall–Kier alpha value is -2.70. The molecule has 1 rings (SSSR count). The van der Waals surface area contributed by atoms with Crippen LogP contribution in [0.25, 0.3) is 0 Å². The molecule has 0 radical (unpaired) electrons. The smallest absolute Gasteiger partial charge is 0.409 e. The highest BCUT2D eigenvalue weighted by Crippen LogP contribution is 2.30. The molecule has 7 heteroatoms. The summed E-state index contributed by atoms with van der Waals surface area (Å²) in [5.74, 6) is 0. The van der Waals surface area contributed by atoms with E-state index in [2.05, 4.69) is 22.5 Å². The number of benzene rings is 1. The SMILES string of the molecule is C=CNc1cccc(NC(=O)O)c1NC(=O)O. The van der Waals surface area contributed by atoms with Crippen molar-refractivity contribution in [1.82, 2.24) is 0 Å². The topological polar surface area (TPSA) is 111 Å². The molecular formula is C10H11N3O4. The first-order chi connectivity index (χ1) is 8.04. The third-order valence-corrected chi connectivity index (χ3v) is 1.80. The maximum absolute atomic E-state index is 10.6. The van der Waals surface area contributed by atoms with Gasteiger partial charge in [-0.15, -0.1) is 0 Å². The Kier molecular flexibility index (Phi) is 3.93. The molecule has 0 unspecified atom stereocenters. The van der Waals surface area contributed by atoms with E-state index in [9.17, 15) is 9.59 Å². The van der Waals surface area contributed by atoms with Gasteiger partial charge in [-0.05, 0) is 18.3 Å². The van der Waals surface area contributed by atoms with Gasteiger partial charge in [-0.3, -0.25) is 10.6 Å². The van der Waals surface area contributed by atoms with Crippen LogP contribution in [-0.2, 0) is 0 Å². The predicted molar refractivity (Wildman–Crippen MR) is 63.6 cm³/mol. The minimum Gasteiger partial charge on any atom is -0.465 e. The molecule has 0 spiro atoms. The largest absolute Gasteiger partial charge is 0.465 e. The molecular weight excluding hydrogens is 226 g/mol. The summed E-state index contributed by atoms with van der Waals surface area (Å²) in [6, 6.07) is 4.60. The van der Waals surface area contributed by atoms with E-state index in [-0.39, 0.29) is 11.4 Å². The highest BCUT2D eigenvalue weighted by atomic mass is 16.4. The quantitative estimate of drug-likeness (QED) is 0.552. The molecule has 0 aliphatic rings. The Morgan fingerprint density at radius 1 is 1.12 bits per heavy atom. The van der Waals surface area contributed by atoms with E-state index in [1.807, 2.05) is 0 Å². The fourth-order valence-corrected chi connectivity index (χ4v) is 1.24. The minimum absolute atomic E-state index is 0.113. The number of para-hydroxylation sites is 1. The van der Waals surface area contributed by atoms with Crippen LogP contribution in [0.4, 0.5) is 26.7 Å². The average molecular weight is 237 g/mol. The maximum Gasteiger partial charge on any atom is 0.409 e. The molecule has 7 nitrogen and oxygen atoms in total. The highest BCUT2D eigenvalue weighted by Gasteiger charge is 2.11. The molecule has 5 N–H and O–H groups in total. The third kappa shape index (κ3) is 3.42. The Labute approximate surface area is 96.8 Å². The van der Waals surface area contributed by atoms with Gasteiger partial charge in [0.05, 0.1) is 17.1 Å². The van der Waals surface area contributed by atoms with Gasteiger partial charge in [-0.2, -0.15) is 0 Å². The lowest BCUT2D eigenvalue weighted by Crippen LogP contribution is -2.14. The standard InChI is InChI=1S/C10H11N3O4/c1-2-11-6-4-3-5-7(12-9(14)15)8(6)13-10(16)17/h2-5,11-13H,1H2,(H,14,15)(H,16,17). The number of anilines is 3. The Balaban J connectivity index is 3.17. The third-order valence-electron chi connectivity index (χ3n) is 1.80. The van der Waals surface area contributed by atoms with E-state index >= 15 is 0 Å². The number of hydrogen-bond donors (Lipinski definition) is 5. The van der Waals surface area contributed by atoms with Crippen LogP contribution in [0, 0.1) is 0 Å². The summed E-state index contributed by atoms with van der Waals surface area (Å²) in [6.07, 6.45) is -1.22. The first kappa shape index (κ1) is 12.4. The van der Waals surface area contributed by atoms with E-state index in [0.717, 1.165) is 0 Å². The van der Waals surface area contributed by atoms with Crippen molar-refractivity contribution in [2.24, 2.45) is 0 Å². The second-order valence-corrected chi connectivity index (χ2v) is 2.94. The summed E-state index contributed by atoms with van der Waals surface area (Å²) < 4.78 is 0. The number of carbonyl (C=O) groups is 2. The summed E-state index contributed by atoms with van der Waals surface area (Å²) >= 11 is 0. The lowest BCUT2D eigenvalue weighted by Gasteiger charge is -2.13. The maximum atomic E-state index is 10.6. The van der Waals surface area contributed by atoms with Gasteiger partial charge >= 0.3 is 12.2 Å². The fraction of sp³-hybridized carbons (Fsp3) is 0. The van der Waals surface area contributed by atoms with Crippen molar-refractivity contribution >= 4 is 29.2 Å². The molecule has 0 fully saturated rings. The van der Waals surface area contributed by atoms with Crippen molar-refractivity contribution in [3.05, 3.63) is 31.0 Å². The normalized spacial score (nSPS) is 9.18. The van der Waals surface area contributed by atoms with Crippen molar-refractivity contribution in [2.45, 2.75) is 0 Å². The number of carboxylic acid groups (broad SMARTS) is 2. The summed E-state index contributed by atoms with van der Waals surface area (Å²) in [6.45, 7) is 3.44. The predicted octanol–water partition coefficient (Wildman–Crippen LogP) is 2.42. The zero-order chi connectivity index (χ0) is 12.8. The molecule has 0 saturated heterocycles. The van der Waals surface area contributed by atoms with E-state index in [1.165, 1.54) is 12.3 Å². The minimum atomic E-state index is -1.29. The number of nitrogens with one attached hydrogen (secondary N) is 3. The van der Waals surface area contributed by atoms with Gasteiger partial charge in [0.15, 0.2) is 0 Å². The van der Waals surface area contributed by atoms with Gasteiger partial charge in [0, 0.05) is 0 Å². The van der Waals surface area contributed by atoms with Crippen LogP contribution in [0.1, 0.15) is 0 Å². The molecule has 0 aromatic heterocycles. The number of hydrogen-bond acceptors (Lipinski definition) is 3. The monoisotopic (exact) mass is 237 g/mol. The second kappa shape index (κ2) is 5.40. The van der Waals surface area contributed by atoms with E-state index in [1.54, 1.807) is 12.1 Å². The van der Waals surface area contributed by atoms with Crippen molar-refractivity contribution in [3.8, 4) is 0 Å². The van der Waals surface area contributed by atoms with Crippen molar-refractivity contribution in [1.29, 1.82) is 0 Å². The number of rotatable bonds is 4. The Morgan fingerprint density at radius 2 is 1.71 bits per heavy atom. The molecule has 2 amide bonds. The van der Waals surface area contributed by atoms with Crippen LogP contribution in [0.15, 0.2) is 31.0 Å². The molecule has 90 valence electrons. The van der Waals surface area contributed by atoms with Crippen LogP contribution in [0.2, 0.25) is 0 Å². The molecule has 0 aliphatic carbocycles. The van der Waals surface area contributed by atoms with E-state index < -0.39 is 12.2 Å². The zero-order valence-electron chi connectivity index (χ0n) is 8.73. The fourth-order valence-electron chi connectivity index (χ4n) is 1.24. The highest BCUT2D eigenvalue weighted by molar-refractivity contribution is 5.99. The van der Waals surface area contributed by atoms with Gasteiger partial charge in [0.25, 0.3) is 0 Å². The summed E-state index contributed by atoms with van der Waals surface area (Å²) in [4.78, 5) is 21.2. The van der Waals surface area contributed by atoms with Gasteiger partial charge in [-0.1, -0.05) is 12.6 Å². The molecule has 17 heavy (non-hydrogen) atoms. The number of amides is 2. The van der Waals surface area contributed by atoms with Gasteiger partial charge < -0.3 is 15.5 Å². The van der Waals surface area contributed by atoms with Gasteiger partial charge in [-0.25, -0.2) is 9.59 Å². The first-order valence-corrected chi connectivity index (χ1v) is 4.55. The van der Waals surface area contributed by atoms with Crippen molar-refractivity contribution in [2.75, 3.05) is 16.0 Å². The molecule has 0 aliphatic heterocycles. The lowest BCUT2D eigenvalue weighted by atomic mass is 10.2. The van der Waals surface area contributed by atoms with Gasteiger partial charge in [0.1, 0.15) is 0 Å². The molecule has 0 bridgehead atoms. The lowest BCUT2D eigenvalue weighted by molar-refractivity contribution is 0.208. The zero-order valence-corrected chi connectivity index (χ0v) is 8.73. The van der Waals surface area contributed by atoms with Crippen LogP contribution < -0.4 is 16.0 Å². The van der Waals surface area contributed by atoms with Crippen molar-refractivity contribution < 1.29 is 19.8 Å². The molecule has 0 saturated carbocycles. The summed E-state index contributed by atoms with van der Waals surface area (Å²) in [5.41, 5.74) is 0.641. The first-order valence-electron chi connectivity index (χ1n) is 4.55. The van der Waals surface area contributed by atoms with Crippen LogP contribution in [0.3, 0.4) is 0 Å². The molecule has 0 heterocycles. The molecule has 1 aromatic rings. The summed E-state index contributed by atoms with van der Waals surface area (Å²) in [5, 5.41) is 24.2.